The monoisotopic (exact) mass is 323 g/mol. The summed E-state index contributed by atoms with van der Waals surface area (Å²) in [7, 11) is 3.58. The van der Waals surface area contributed by atoms with Gasteiger partial charge in [-0.1, -0.05) is 23.2 Å². The second-order valence-electron chi connectivity index (χ2n) is 4.72. The largest absolute Gasteiger partial charge is 0.338 e. The van der Waals surface area contributed by atoms with E-state index in [1.165, 1.54) is 6.08 Å². The van der Waals surface area contributed by atoms with Crippen LogP contribution < -0.4 is 0 Å². The highest BCUT2D eigenvalue weighted by Gasteiger charge is 2.07. The van der Waals surface area contributed by atoms with Gasteiger partial charge in [0.2, 0.25) is 5.91 Å². The van der Waals surface area contributed by atoms with E-state index in [-0.39, 0.29) is 5.91 Å². The molecule has 0 fully saturated rings. The van der Waals surface area contributed by atoms with Crippen LogP contribution in [-0.4, -0.2) is 27.6 Å². The minimum atomic E-state index is -0.116. The molecule has 1 aromatic carbocycles. The highest BCUT2D eigenvalue weighted by Crippen LogP contribution is 2.21. The topological polar surface area (TPSA) is 38.1 Å². The van der Waals surface area contributed by atoms with E-state index in [9.17, 15) is 4.79 Å². The summed E-state index contributed by atoms with van der Waals surface area (Å²) in [4.78, 5) is 13.7. The van der Waals surface area contributed by atoms with Crippen LogP contribution in [0.4, 0.5) is 0 Å². The van der Waals surface area contributed by atoms with Gasteiger partial charge in [0.25, 0.3) is 0 Å². The first-order valence-corrected chi connectivity index (χ1v) is 7.07. The second kappa shape index (κ2) is 6.78. The summed E-state index contributed by atoms with van der Waals surface area (Å²) < 4.78 is 1.70. The Balaban J connectivity index is 2.03. The molecule has 0 atom stereocenters. The molecule has 2 rings (SSSR count). The lowest BCUT2D eigenvalue weighted by Crippen LogP contribution is -2.23. The van der Waals surface area contributed by atoms with Crippen LogP contribution in [0.25, 0.3) is 6.08 Å². The first kappa shape index (κ1) is 15.6. The maximum Gasteiger partial charge on any atom is 0.246 e. The third-order valence-corrected chi connectivity index (χ3v) is 3.50. The Bertz CT molecular complexity index is 679. The smallest absolute Gasteiger partial charge is 0.246 e. The predicted molar refractivity (Wildman–Crippen MR) is 85.2 cm³/mol. The van der Waals surface area contributed by atoms with E-state index in [0.717, 1.165) is 5.56 Å². The number of nitrogens with zero attached hydrogens (tertiary/aromatic N) is 3. The molecular weight excluding hydrogens is 309 g/mol. The van der Waals surface area contributed by atoms with Crippen LogP contribution in [0.15, 0.2) is 36.7 Å². The van der Waals surface area contributed by atoms with E-state index in [4.69, 9.17) is 23.2 Å². The third kappa shape index (κ3) is 4.34. The zero-order valence-corrected chi connectivity index (χ0v) is 13.3. The van der Waals surface area contributed by atoms with E-state index in [1.54, 1.807) is 47.1 Å². The molecule has 0 radical (unpaired) electrons. The minimum Gasteiger partial charge on any atom is -0.338 e. The van der Waals surface area contributed by atoms with Crippen molar-refractivity contribution in [2.45, 2.75) is 6.54 Å². The first-order chi connectivity index (χ1) is 9.95. The first-order valence-electron chi connectivity index (χ1n) is 6.31. The Kier molecular flexibility index (Phi) is 5.04. The van der Waals surface area contributed by atoms with Crippen LogP contribution in [0, 0.1) is 0 Å². The van der Waals surface area contributed by atoms with Crippen LogP contribution in [0.1, 0.15) is 11.1 Å². The molecule has 1 heterocycles. The Morgan fingerprint density at radius 3 is 2.86 bits per heavy atom. The molecule has 110 valence electrons. The van der Waals surface area contributed by atoms with E-state index < -0.39 is 0 Å². The van der Waals surface area contributed by atoms with Crippen LogP contribution in [0.2, 0.25) is 10.0 Å². The van der Waals surface area contributed by atoms with Crippen molar-refractivity contribution in [3.63, 3.8) is 0 Å². The highest BCUT2D eigenvalue weighted by atomic mass is 35.5. The van der Waals surface area contributed by atoms with Gasteiger partial charge in [0.05, 0.1) is 6.20 Å². The lowest BCUT2D eigenvalue weighted by Gasteiger charge is -2.13. The zero-order chi connectivity index (χ0) is 15.4. The lowest BCUT2D eigenvalue weighted by molar-refractivity contribution is -0.125. The maximum atomic E-state index is 12.1. The number of aryl methyl sites for hydroxylation is 1. The van der Waals surface area contributed by atoms with Gasteiger partial charge in [-0.2, -0.15) is 5.10 Å². The van der Waals surface area contributed by atoms with Crippen molar-refractivity contribution in [2.24, 2.45) is 7.05 Å². The number of amides is 1. The Labute approximate surface area is 133 Å². The molecule has 6 heteroatoms. The summed E-state index contributed by atoms with van der Waals surface area (Å²) in [6.45, 7) is 0.500. The average Bonchev–Trinajstić information content (AvgIpc) is 2.84. The van der Waals surface area contributed by atoms with Gasteiger partial charge in [0, 0.05) is 48.5 Å². The molecule has 0 spiro atoms. The predicted octanol–water partition coefficient (Wildman–Crippen LogP) is 3.40. The Morgan fingerprint density at radius 1 is 1.43 bits per heavy atom. The van der Waals surface area contributed by atoms with Gasteiger partial charge in [0.15, 0.2) is 0 Å². The van der Waals surface area contributed by atoms with Gasteiger partial charge < -0.3 is 4.90 Å². The molecule has 0 saturated heterocycles. The second-order valence-corrected chi connectivity index (χ2v) is 5.56. The molecule has 2 aromatic rings. The number of rotatable bonds is 4. The van der Waals surface area contributed by atoms with Crippen molar-refractivity contribution in [3.05, 3.63) is 57.8 Å². The SMILES string of the molecule is CN(Cc1cnn(C)c1)C(=O)/C=C/c1cc(Cl)ccc1Cl. The Morgan fingerprint density at radius 2 is 2.19 bits per heavy atom. The summed E-state index contributed by atoms with van der Waals surface area (Å²) in [5, 5.41) is 5.21. The maximum absolute atomic E-state index is 12.1. The van der Waals surface area contributed by atoms with Crippen molar-refractivity contribution in [1.82, 2.24) is 14.7 Å². The van der Waals surface area contributed by atoms with Crippen molar-refractivity contribution in [2.75, 3.05) is 7.05 Å². The molecule has 0 N–H and O–H groups in total. The number of hydrogen-bond acceptors (Lipinski definition) is 2. The van der Waals surface area contributed by atoms with Gasteiger partial charge in [-0.15, -0.1) is 0 Å². The normalized spacial score (nSPS) is 11.0. The number of likely N-dealkylation sites (N-methyl/N-ethyl adjacent to an activating group) is 1. The number of carbonyl (C=O) groups excluding carboxylic acids is 1. The number of carbonyl (C=O) groups is 1. The summed E-state index contributed by atoms with van der Waals surface area (Å²) in [6.07, 6.45) is 6.76. The molecule has 0 aliphatic heterocycles. The van der Waals surface area contributed by atoms with Gasteiger partial charge in [-0.3, -0.25) is 9.48 Å². The number of hydrogen-bond donors (Lipinski definition) is 0. The van der Waals surface area contributed by atoms with Crippen LogP contribution in [-0.2, 0) is 18.4 Å². The quantitative estimate of drug-likeness (QED) is 0.809. The number of benzene rings is 1. The zero-order valence-electron chi connectivity index (χ0n) is 11.8. The van der Waals surface area contributed by atoms with E-state index in [2.05, 4.69) is 5.10 Å². The van der Waals surface area contributed by atoms with Gasteiger partial charge in [0.1, 0.15) is 0 Å². The van der Waals surface area contributed by atoms with E-state index in [1.807, 2.05) is 13.2 Å². The molecule has 1 aromatic heterocycles. The molecular formula is C15H15Cl2N3O. The molecule has 0 aliphatic rings. The van der Waals surface area contributed by atoms with Gasteiger partial charge >= 0.3 is 0 Å². The van der Waals surface area contributed by atoms with Crippen molar-refractivity contribution in [3.8, 4) is 0 Å². The van der Waals surface area contributed by atoms with E-state index in [0.29, 0.717) is 22.2 Å². The van der Waals surface area contributed by atoms with Crippen molar-refractivity contribution in [1.29, 1.82) is 0 Å². The molecule has 0 unspecified atom stereocenters. The van der Waals surface area contributed by atoms with Gasteiger partial charge in [-0.25, -0.2) is 0 Å². The van der Waals surface area contributed by atoms with Crippen LogP contribution >= 0.6 is 23.2 Å². The molecule has 0 aliphatic carbocycles. The fourth-order valence-electron chi connectivity index (χ4n) is 1.84. The summed E-state index contributed by atoms with van der Waals surface area (Å²) >= 11 is 12.0. The minimum absolute atomic E-state index is 0.116. The Hall–Kier alpha value is -1.78. The van der Waals surface area contributed by atoms with Crippen LogP contribution in [0.5, 0.6) is 0 Å². The molecule has 21 heavy (non-hydrogen) atoms. The number of aromatic nitrogens is 2. The van der Waals surface area contributed by atoms with Gasteiger partial charge in [-0.05, 0) is 29.8 Å². The third-order valence-electron chi connectivity index (χ3n) is 2.92. The fourth-order valence-corrected chi connectivity index (χ4v) is 2.20. The lowest BCUT2D eigenvalue weighted by atomic mass is 10.2. The van der Waals surface area contributed by atoms with Crippen molar-refractivity contribution >= 4 is 35.2 Å². The van der Waals surface area contributed by atoms with E-state index >= 15 is 0 Å². The molecule has 0 bridgehead atoms. The summed E-state index contributed by atoms with van der Waals surface area (Å²) in [5.41, 5.74) is 1.69. The standard InChI is InChI=1S/C15H15Cl2N3O/c1-19(9-11-8-18-20(2)10-11)15(21)6-3-12-7-13(16)4-5-14(12)17/h3-8,10H,9H2,1-2H3/b6-3+. The fraction of sp³-hybridized carbons (Fsp3) is 0.200. The summed E-state index contributed by atoms with van der Waals surface area (Å²) in [5.74, 6) is -0.116. The highest BCUT2D eigenvalue weighted by molar-refractivity contribution is 6.34. The molecule has 0 saturated carbocycles. The number of halogens is 2. The summed E-state index contributed by atoms with van der Waals surface area (Å²) in [6, 6.07) is 5.12. The van der Waals surface area contributed by atoms with Crippen molar-refractivity contribution < 1.29 is 4.79 Å². The molecule has 1 amide bonds. The average molecular weight is 324 g/mol. The molecule has 4 nitrogen and oxygen atoms in total. The van der Waals surface area contributed by atoms with Crippen LogP contribution in [0.3, 0.4) is 0 Å².